The second kappa shape index (κ2) is 6.13. The van der Waals surface area contributed by atoms with Gasteiger partial charge in [-0.05, 0) is 18.9 Å². The summed E-state index contributed by atoms with van der Waals surface area (Å²) in [6.45, 7) is 1.95. The monoisotopic (exact) mass is 302 g/mol. The minimum absolute atomic E-state index is 0.0815. The number of carbonyl (C=O) groups is 2. The third-order valence-electron chi connectivity index (χ3n) is 3.64. The summed E-state index contributed by atoms with van der Waals surface area (Å²) in [4.78, 5) is 29.1. The molecule has 0 aromatic rings. The van der Waals surface area contributed by atoms with Crippen LogP contribution in [-0.4, -0.2) is 57.2 Å². The second-order valence-corrected chi connectivity index (χ2v) is 6.03. The van der Waals surface area contributed by atoms with E-state index >= 15 is 0 Å². The van der Waals surface area contributed by atoms with Crippen LogP contribution in [0.15, 0.2) is 11.3 Å². The number of aliphatic hydroxyl groups excluding tert-OH is 1. The van der Waals surface area contributed by atoms with Crippen LogP contribution in [0, 0.1) is 5.92 Å². The standard InChI is InChI=1S/C12H18N2O5S/c1-6(15)9-8-4-7(5-20-3-2-19-13)10(12(17)18)14(8)11(9)16/h6,8-9,15H,2-5,13H2,1H3,(H,17,18). The molecule has 2 aliphatic heterocycles. The summed E-state index contributed by atoms with van der Waals surface area (Å²) in [5, 5.41) is 18.9. The van der Waals surface area contributed by atoms with Gasteiger partial charge in [0.2, 0.25) is 5.91 Å². The quantitative estimate of drug-likeness (QED) is 0.332. The highest BCUT2D eigenvalue weighted by atomic mass is 32.2. The fourth-order valence-corrected chi connectivity index (χ4v) is 3.65. The summed E-state index contributed by atoms with van der Waals surface area (Å²) in [5.41, 5.74) is 0.819. The van der Waals surface area contributed by atoms with Crippen molar-refractivity contribution < 1.29 is 24.6 Å². The lowest BCUT2D eigenvalue weighted by Crippen LogP contribution is -2.61. The summed E-state index contributed by atoms with van der Waals surface area (Å²) in [5.74, 6) is 4.23. The third-order valence-corrected chi connectivity index (χ3v) is 4.65. The van der Waals surface area contributed by atoms with Gasteiger partial charge in [0.05, 0.1) is 24.7 Å². The zero-order chi connectivity index (χ0) is 14.9. The molecule has 0 spiro atoms. The number of carbonyl (C=O) groups excluding carboxylic acids is 1. The van der Waals surface area contributed by atoms with Gasteiger partial charge in [-0.1, -0.05) is 0 Å². The number of nitrogens with zero attached hydrogens (tertiary/aromatic N) is 1. The Labute approximate surface area is 120 Å². The molecule has 0 aromatic carbocycles. The first kappa shape index (κ1) is 15.3. The molecule has 2 heterocycles. The lowest BCUT2D eigenvalue weighted by molar-refractivity contribution is -0.161. The SMILES string of the molecule is CC(O)C1C(=O)N2C(C(=O)O)=C(CSCCON)CC12. The van der Waals surface area contributed by atoms with Crippen molar-refractivity contribution in [1.29, 1.82) is 0 Å². The smallest absolute Gasteiger partial charge is 0.352 e. The lowest BCUT2D eigenvalue weighted by atomic mass is 9.83. The molecule has 2 aliphatic rings. The van der Waals surface area contributed by atoms with Crippen molar-refractivity contribution in [2.45, 2.75) is 25.5 Å². The molecule has 3 atom stereocenters. The molecule has 0 bridgehead atoms. The van der Waals surface area contributed by atoms with Gasteiger partial charge in [-0.3, -0.25) is 4.79 Å². The van der Waals surface area contributed by atoms with Crippen LogP contribution in [0.3, 0.4) is 0 Å². The molecule has 7 nitrogen and oxygen atoms in total. The summed E-state index contributed by atoms with van der Waals surface area (Å²) in [6, 6.07) is -0.213. The van der Waals surface area contributed by atoms with Crippen LogP contribution < -0.4 is 5.90 Å². The number of hydrogen-bond acceptors (Lipinski definition) is 6. The Bertz CT molecular complexity index is 451. The van der Waals surface area contributed by atoms with Crippen LogP contribution in [0.4, 0.5) is 0 Å². The van der Waals surface area contributed by atoms with E-state index in [2.05, 4.69) is 4.84 Å². The highest BCUT2D eigenvalue weighted by Crippen LogP contribution is 2.44. The molecule has 8 heteroatoms. The van der Waals surface area contributed by atoms with Crippen molar-refractivity contribution in [3.63, 3.8) is 0 Å². The molecular weight excluding hydrogens is 284 g/mol. The number of fused-ring (bicyclic) bond motifs is 1. The van der Waals surface area contributed by atoms with Crippen LogP contribution in [0.2, 0.25) is 0 Å². The first-order chi connectivity index (χ1) is 9.49. The molecule has 112 valence electrons. The first-order valence-electron chi connectivity index (χ1n) is 6.35. The number of aliphatic carboxylic acids is 1. The molecule has 1 saturated heterocycles. The number of aliphatic hydroxyl groups is 1. The Morgan fingerprint density at radius 1 is 1.65 bits per heavy atom. The van der Waals surface area contributed by atoms with Crippen LogP contribution in [0.5, 0.6) is 0 Å². The van der Waals surface area contributed by atoms with Gasteiger partial charge in [0.15, 0.2) is 0 Å². The topological polar surface area (TPSA) is 113 Å². The lowest BCUT2D eigenvalue weighted by Gasteiger charge is -2.44. The van der Waals surface area contributed by atoms with Gasteiger partial charge < -0.3 is 20.0 Å². The largest absolute Gasteiger partial charge is 0.477 e. The van der Waals surface area contributed by atoms with Crippen LogP contribution in [0.25, 0.3) is 0 Å². The summed E-state index contributed by atoms with van der Waals surface area (Å²) in [6.07, 6.45) is -0.240. The Hall–Kier alpha value is -1.09. The normalized spacial score (nSPS) is 26.6. The molecule has 1 amide bonds. The van der Waals surface area contributed by atoms with Gasteiger partial charge in [0.25, 0.3) is 0 Å². The number of β-lactam (4-membered cyclic amide) rings is 1. The van der Waals surface area contributed by atoms with Crippen molar-refractivity contribution in [1.82, 2.24) is 4.90 Å². The van der Waals surface area contributed by atoms with Gasteiger partial charge in [0.1, 0.15) is 5.70 Å². The van der Waals surface area contributed by atoms with Crippen molar-refractivity contribution >= 4 is 23.6 Å². The molecule has 4 N–H and O–H groups in total. The molecule has 3 unspecified atom stereocenters. The minimum Gasteiger partial charge on any atom is -0.477 e. The average Bonchev–Trinajstić information content (AvgIpc) is 2.69. The van der Waals surface area contributed by atoms with Gasteiger partial charge in [-0.25, -0.2) is 10.7 Å². The van der Waals surface area contributed by atoms with Crippen molar-refractivity contribution in [3.05, 3.63) is 11.3 Å². The molecule has 0 saturated carbocycles. The molecule has 0 radical (unpaired) electrons. The summed E-state index contributed by atoms with van der Waals surface area (Å²) in [7, 11) is 0. The molecule has 0 aliphatic carbocycles. The predicted molar refractivity (Wildman–Crippen MR) is 72.5 cm³/mol. The van der Waals surface area contributed by atoms with E-state index in [1.165, 1.54) is 16.7 Å². The van der Waals surface area contributed by atoms with Gasteiger partial charge in [0, 0.05) is 11.5 Å². The number of rotatable bonds is 7. The Morgan fingerprint density at radius 2 is 2.35 bits per heavy atom. The van der Waals surface area contributed by atoms with Crippen LogP contribution >= 0.6 is 11.8 Å². The highest BCUT2D eigenvalue weighted by molar-refractivity contribution is 7.99. The Kier molecular flexibility index (Phi) is 4.69. The van der Waals surface area contributed by atoms with E-state index in [1.807, 2.05) is 0 Å². The van der Waals surface area contributed by atoms with E-state index in [0.29, 0.717) is 24.5 Å². The van der Waals surface area contributed by atoms with E-state index in [0.717, 1.165) is 5.57 Å². The number of hydrogen-bond donors (Lipinski definition) is 3. The maximum Gasteiger partial charge on any atom is 0.352 e. The van der Waals surface area contributed by atoms with Crippen molar-refractivity contribution in [2.24, 2.45) is 11.8 Å². The fourth-order valence-electron chi connectivity index (χ4n) is 2.79. The van der Waals surface area contributed by atoms with Gasteiger partial charge >= 0.3 is 5.97 Å². The number of amides is 1. The third kappa shape index (κ3) is 2.56. The molecule has 2 rings (SSSR count). The highest BCUT2D eigenvalue weighted by Gasteiger charge is 2.56. The van der Waals surface area contributed by atoms with E-state index in [9.17, 15) is 19.8 Å². The fraction of sp³-hybridized carbons (Fsp3) is 0.667. The van der Waals surface area contributed by atoms with Crippen LogP contribution in [-0.2, 0) is 14.4 Å². The predicted octanol–water partition coefficient (Wildman–Crippen LogP) is -0.440. The maximum atomic E-state index is 11.9. The maximum absolute atomic E-state index is 11.9. The van der Waals surface area contributed by atoms with E-state index in [4.69, 9.17) is 5.90 Å². The second-order valence-electron chi connectivity index (χ2n) is 4.93. The number of nitrogens with two attached hydrogens (primary N) is 1. The van der Waals surface area contributed by atoms with E-state index in [1.54, 1.807) is 6.92 Å². The number of thioether (sulfide) groups is 1. The average molecular weight is 302 g/mol. The Morgan fingerprint density at radius 3 is 2.90 bits per heavy atom. The van der Waals surface area contributed by atoms with Crippen molar-refractivity contribution in [3.8, 4) is 0 Å². The zero-order valence-electron chi connectivity index (χ0n) is 11.1. The van der Waals surface area contributed by atoms with Gasteiger partial charge in [-0.15, -0.1) is 0 Å². The van der Waals surface area contributed by atoms with Crippen molar-refractivity contribution in [2.75, 3.05) is 18.1 Å². The van der Waals surface area contributed by atoms with E-state index in [-0.39, 0.29) is 17.6 Å². The number of carboxylic acid groups (broad SMARTS) is 1. The van der Waals surface area contributed by atoms with E-state index < -0.39 is 18.0 Å². The number of carboxylic acids is 1. The minimum atomic E-state index is -1.09. The molecule has 0 aromatic heterocycles. The molecule has 20 heavy (non-hydrogen) atoms. The summed E-state index contributed by atoms with van der Waals surface area (Å²) < 4.78 is 0. The Balaban J connectivity index is 2.07. The molecular formula is C12H18N2O5S. The summed E-state index contributed by atoms with van der Waals surface area (Å²) >= 11 is 1.51. The zero-order valence-corrected chi connectivity index (χ0v) is 11.9. The van der Waals surface area contributed by atoms with Gasteiger partial charge in [-0.2, -0.15) is 11.8 Å². The first-order valence-corrected chi connectivity index (χ1v) is 7.50. The van der Waals surface area contributed by atoms with Crippen LogP contribution in [0.1, 0.15) is 13.3 Å². The molecule has 1 fully saturated rings.